The first-order chi connectivity index (χ1) is 9.31. The second-order valence-corrected chi connectivity index (χ2v) is 6.67. The molecule has 2 aromatic carbocycles. The summed E-state index contributed by atoms with van der Waals surface area (Å²) in [5.74, 6) is 1.14. The number of benzene rings is 2. The molecule has 0 amide bonds. The minimum absolute atomic E-state index is 0.498. The van der Waals surface area contributed by atoms with Gasteiger partial charge in [-0.15, -0.1) is 0 Å². The van der Waals surface area contributed by atoms with Gasteiger partial charge in [-0.2, -0.15) is 11.8 Å². The predicted molar refractivity (Wildman–Crippen MR) is 85.7 cm³/mol. The maximum atomic E-state index is 3.72. The molecule has 3 rings (SSSR count). The van der Waals surface area contributed by atoms with Gasteiger partial charge in [0.1, 0.15) is 0 Å². The second kappa shape index (κ2) is 5.56. The maximum absolute atomic E-state index is 3.72. The van der Waals surface area contributed by atoms with Crippen LogP contribution < -0.4 is 5.32 Å². The molecule has 0 fully saturated rings. The van der Waals surface area contributed by atoms with E-state index in [1.54, 1.807) is 0 Å². The Kier molecular flexibility index (Phi) is 3.81. The van der Waals surface area contributed by atoms with E-state index in [9.17, 15) is 0 Å². The Hall–Kier alpha value is -0.990. The average Bonchev–Trinajstić information content (AvgIpc) is 2.46. The van der Waals surface area contributed by atoms with Gasteiger partial charge in [-0.1, -0.05) is 50.2 Å². The molecule has 1 nitrogen and oxygen atoms in total. The van der Waals surface area contributed by atoms with Crippen molar-refractivity contribution in [3.8, 4) is 0 Å². The van der Waals surface area contributed by atoms with Gasteiger partial charge in [0.2, 0.25) is 0 Å². The van der Waals surface area contributed by atoms with Crippen molar-refractivity contribution < 1.29 is 0 Å². The average molecular weight is 271 g/mol. The van der Waals surface area contributed by atoms with Gasteiger partial charge in [-0.25, -0.2) is 0 Å². The summed E-state index contributed by atoms with van der Waals surface area (Å²) in [7, 11) is 0. The largest absolute Gasteiger partial charge is 0.309 e. The van der Waals surface area contributed by atoms with Crippen LogP contribution in [0.2, 0.25) is 0 Å². The number of hydrogen-bond acceptors (Lipinski definition) is 2. The smallest absolute Gasteiger partial charge is 0.0441 e. The van der Waals surface area contributed by atoms with Gasteiger partial charge in [-0.05, 0) is 34.9 Å². The Labute approximate surface area is 119 Å². The highest BCUT2D eigenvalue weighted by atomic mass is 32.2. The van der Waals surface area contributed by atoms with Crippen molar-refractivity contribution in [1.29, 1.82) is 0 Å². The summed E-state index contributed by atoms with van der Waals surface area (Å²) >= 11 is 2.07. The van der Waals surface area contributed by atoms with E-state index in [4.69, 9.17) is 0 Å². The number of hydrogen-bond donors (Lipinski definition) is 1. The van der Waals surface area contributed by atoms with E-state index >= 15 is 0 Å². The summed E-state index contributed by atoms with van der Waals surface area (Å²) in [6.45, 7) is 5.67. The van der Waals surface area contributed by atoms with Crippen LogP contribution in [0.3, 0.4) is 0 Å². The normalized spacial score (nSPS) is 22.4. The monoisotopic (exact) mass is 271 g/mol. The van der Waals surface area contributed by atoms with E-state index in [1.807, 2.05) is 0 Å². The molecule has 100 valence electrons. The fourth-order valence-corrected chi connectivity index (χ4v) is 4.13. The van der Waals surface area contributed by atoms with Gasteiger partial charge >= 0.3 is 0 Å². The van der Waals surface area contributed by atoms with Crippen LogP contribution in [0, 0.1) is 0 Å². The topological polar surface area (TPSA) is 12.0 Å². The molecule has 0 saturated heterocycles. The van der Waals surface area contributed by atoms with Gasteiger partial charge in [-0.3, -0.25) is 0 Å². The van der Waals surface area contributed by atoms with Gasteiger partial charge in [0.05, 0.1) is 0 Å². The standard InChI is InChI=1S/C17H21NS/c1-3-10-18-17-12(2)19-11-16-14-7-5-4-6-13(14)8-9-15(16)17/h4-9,12,17-18H,3,10-11H2,1-2H3. The van der Waals surface area contributed by atoms with Crippen LogP contribution in [-0.2, 0) is 5.75 Å². The fourth-order valence-electron chi connectivity index (χ4n) is 2.94. The zero-order chi connectivity index (χ0) is 13.2. The van der Waals surface area contributed by atoms with E-state index in [-0.39, 0.29) is 0 Å². The SMILES string of the molecule is CCCNC1c2ccc3ccccc3c2CSC1C. The Morgan fingerprint density at radius 1 is 1.21 bits per heavy atom. The van der Waals surface area contributed by atoms with E-state index in [1.165, 1.54) is 28.3 Å². The molecule has 19 heavy (non-hydrogen) atoms. The zero-order valence-electron chi connectivity index (χ0n) is 11.6. The molecule has 0 radical (unpaired) electrons. The van der Waals surface area contributed by atoms with Gasteiger partial charge < -0.3 is 5.32 Å². The highest BCUT2D eigenvalue weighted by molar-refractivity contribution is 7.99. The molecule has 1 heterocycles. The van der Waals surface area contributed by atoms with Crippen molar-refractivity contribution in [1.82, 2.24) is 5.32 Å². The molecule has 1 aliphatic heterocycles. The minimum Gasteiger partial charge on any atom is -0.309 e. The third-order valence-corrected chi connectivity index (χ3v) is 5.24. The lowest BCUT2D eigenvalue weighted by atomic mass is 9.93. The Morgan fingerprint density at radius 2 is 2.05 bits per heavy atom. The fraction of sp³-hybridized carbons (Fsp3) is 0.412. The van der Waals surface area contributed by atoms with Gasteiger partial charge in [0.25, 0.3) is 0 Å². The van der Waals surface area contributed by atoms with Crippen molar-refractivity contribution in [2.45, 2.75) is 37.3 Å². The van der Waals surface area contributed by atoms with Crippen molar-refractivity contribution >= 4 is 22.5 Å². The van der Waals surface area contributed by atoms with Crippen molar-refractivity contribution in [2.24, 2.45) is 0 Å². The first kappa shape index (κ1) is 13.0. The lowest BCUT2D eigenvalue weighted by Crippen LogP contribution is -2.32. The molecule has 0 aliphatic carbocycles. The lowest BCUT2D eigenvalue weighted by Gasteiger charge is -2.32. The Morgan fingerprint density at radius 3 is 2.89 bits per heavy atom. The van der Waals surface area contributed by atoms with E-state index in [0.29, 0.717) is 11.3 Å². The van der Waals surface area contributed by atoms with E-state index in [0.717, 1.165) is 12.3 Å². The molecule has 0 saturated carbocycles. The van der Waals surface area contributed by atoms with Crippen molar-refractivity contribution in [2.75, 3.05) is 6.54 Å². The molecule has 0 spiro atoms. The number of fused-ring (bicyclic) bond motifs is 3. The third kappa shape index (κ3) is 2.39. The molecular formula is C17H21NS. The Bertz CT molecular complexity index is 578. The number of rotatable bonds is 3. The summed E-state index contributed by atoms with van der Waals surface area (Å²) in [4.78, 5) is 0. The first-order valence-electron chi connectivity index (χ1n) is 7.16. The van der Waals surface area contributed by atoms with Crippen LogP contribution in [0.4, 0.5) is 0 Å². The minimum atomic E-state index is 0.498. The van der Waals surface area contributed by atoms with E-state index in [2.05, 4.69) is 67.3 Å². The molecule has 0 aromatic heterocycles. The van der Waals surface area contributed by atoms with Crippen LogP contribution in [0.1, 0.15) is 37.4 Å². The second-order valence-electron chi connectivity index (χ2n) is 5.30. The van der Waals surface area contributed by atoms with Crippen molar-refractivity contribution in [3.05, 3.63) is 47.5 Å². The Balaban J connectivity index is 2.07. The molecule has 2 atom stereocenters. The predicted octanol–water partition coefficient (Wildman–Crippen LogP) is 4.52. The highest BCUT2D eigenvalue weighted by Gasteiger charge is 2.27. The molecule has 0 bridgehead atoms. The van der Waals surface area contributed by atoms with E-state index < -0.39 is 0 Å². The summed E-state index contributed by atoms with van der Waals surface area (Å²) in [5.41, 5.74) is 3.05. The number of thioether (sulfide) groups is 1. The molecule has 2 aromatic rings. The third-order valence-electron chi connectivity index (χ3n) is 3.99. The first-order valence-corrected chi connectivity index (χ1v) is 8.21. The quantitative estimate of drug-likeness (QED) is 0.881. The lowest BCUT2D eigenvalue weighted by molar-refractivity contribution is 0.521. The summed E-state index contributed by atoms with van der Waals surface area (Å²) < 4.78 is 0. The number of nitrogens with one attached hydrogen (secondary N) is 1. The van der Waals surface area contributed by atoms with Crippen LogP contribution in [0.15, 0.2) is 36.4 Å². The van der Waals surface area contributed by atoms with Crippen molar-refractivity contribution in [3.63, 3.8) is 0 Å². The summed E-state index contributed by atoms with van der Waals surface area (Å²) in [6, 6.07) is 13.9. The van der Waals surface area contributed by atoms with Crippen LogP contribution >= 0.6 is 11.8 Å². The molecule has 1 N–H and O–H groups in total. The molecule has 1 aliphatic rings. The summed E-state index contributed by atoms with van der Waals surface area (Å²) in [5, 5.41) is 7.17. The highest BCUT2D eigenvalue weighted by Crippen LogP contribution is 2.40. The molecular weight excluding hydrogens is 250 g/mol. The zero-order valence-corrected chi connectivity index (χ0v) is 12.5. The maximum Gasteiger partial charge on any atom is 0.0441 e. The van der Waals surface area contributed by atoms with Crippen LogP contribution in [0.5, 0.6) is 0 Å². The molecule has 2 unspecified atom stereocenters. The van der Waals surface area contributed by atoms with Crippen LogP contribution in [-0.4, -0.2) is 11.8 Å². The summed E-state index contributed by atoms with van der Waals surface area (Å²) in [6.07, 6.45) is 1.19. The van der Waals surface area contributed by atoms with Gasteiger partial charge in [0, 0.05) is 17.0 Å². The molecule has 2 heteroatoms. The van der Waals surface area contributed by atoms with Gasteiger partial charge in [0.15, 0.2) is 0 Å². The van der Waals surface area contributed by atoms with Crippen LogP contribution in [0.25, 0.3) is 10.8 Å².